The largest absolute Gasteiger partial charge is 0.396 e. The smallest absolute Gasteiger partial charge is 0.251 e. The van der Waals surface area contributed by atoms with Gasteiger partial charge in [-0.25, -0.2) is 0 Å². The van der Waals surface area contributed by atoms with E-state index in [1.54, 1.807) is 11.4 Å². The second kappa shape index (κ2) is 7.53. The lowest BCUT2D eigenvalue weighted by atomic mass is 9.91. The molecule has 0 aromatic carbocycles. The lowest BCUT2D eigenvalue weighted by Gasteiger charge is -2.37. The monoisotopic (exact) mass is 311 g/mol. The van der Waals surface area contributed by atoms with Crippen molar-refractivity contribution in [1.29, 1.82) is 0 Å². The maximum absolute atomic E-state index is 12.1. The molecule has 0 saturated heterocycles. The molecule has 0 bridgehead atoms. The molecule has 0 aliphatic heterocycles. The van der Waals surface area contributed by atoms with E-state index in [4.69, 9.17) is 10.8 Å². The SMILES string of the molecule is NC(=O)c1ccsc1NC(=O)CN(CCCO)C1CCC1. The second-order valence-corrected chi connectivity index (χ2v) is 6.12. The number of nitrogens with zero attached hydrogens (tertiary/aromatic N) is 1. The van der Waals surface area contributed by atoms with E-state index >= 15 is 0 Å². The number of hydrogen-bond donors (Lipinski definition) is 3. The predicted molar refractivity (Wildman–Crippen MR) is 82.4 cm³/mol. The molecule has 116 valence electrons. The molecule has 1 heterocycles. The van der Waals surface area contributed by atoms with Crippen molar-refractivity contribution in [2.45, 2.75) is 31.7 Å². The molecule has 0 spiro atoms. The van der Waals surface area contributed by atoms with Gasteiger partial charge in [0.05, 0.1) is 12.1 Å². The Hall–Kier alpha value is -1.44. The van der Waals surface area contributed by atoms with Gasteiger partial charge in [0.1, 0.15) is 5.00 Å². The van der Waals surface area contributed by atoms with Crippen LogP contribution < -0.4 is 11.1 Å². The minimum atomic E-state index is -0.539. The number of hydrogen-bond acceptors (Lipinski definition) is 5. The van der Waals surface area contributed by atoms with Gasteiger partial charge in [-0.05, 0) is 30.7 Å². The van der Waals surface area contributed by atoms with Crippen LogP contribution >= 0.6 is 11.3 Å². The van der Waals surface area contributed by atoms with Crippen molar-refractivity contribution in [3.63, 3.8) is 0 Å². The van der Waals surface area contributed by atoms with Crippen LogP contribution in [0.25, 0.3) is 0 Å². The number of carbonyl (C=O) groups excluding carboxylic acids is 2. The Labute approximate surface area is 127 Å². The van der Waals surface area contributed by atoms with Crippen molar-refractivity contribution in [1.82, 2.24) is 4.90 Å². The molecule has 0 atom stereocenters. The molecular weight excluding hydrogens is 290 g/mol. The number of rotatable bonds is 8. The fourth-order valence-electron chi connectivity index (χ4n) is 2.37. The van der Waals surface area contributed by atoms with Gasteiger partial charge in [0.2, 0.25) is 5.91 Å². The molecule has 0 unspecified atom stereocenters. The molecule has 2 rings (SSSR count). The predicted octanol–water partition coefficient (Wildman–Crippen LogP) is 1.02. The first-order valence-corrected chi connectivity index (χ1v) is 8.02. The zero-order valence-electron chi connectivity index (χ0n) is 11.9. The fourth-order valence-corrected chi connectivity index (χ4v) is 3.18. The Bertz CT molecular complexity index is 499. The maximum atomic E-state index is 12.1. The summed E-state index contributed by atoms with van der Waals surface area (Å²) in [6, 6.07) is 2.04. The van der Waals surface area contributed by atoms with E-state index in [1.807, 2.05) is 0 Å². The summed E-state index contributed by atoms with van der Waals surface area (Å²) >= 11 is 1.29. The molecule has 1 saturated carbocycles. The first kappa shape index (κ1) is 15.9. The van der Waals surface area contributed by atoms with Crippen LogP contribution in [-0.4, -0.2) is 47.6 Å². The van der Waals surface area contributed by atoms with E-state index < -0.39 is 5.91 Å². The molecule has 2 amide bonds. The van der Waals surface area contributed by atoms with Crippen molar-refractivity contribution in [2.24, 2.45) is 5.73 Å². The average Bonchev–Trinajstić information content (AvgIpc) is 2.81. The third-order valence-electron chi connectivity index (χ3n) is 3.72. The van der Waals surface area contributed by atoms with Gasteiger partial charge in [-0.15, -0.1) is 11.3 Å². The van der Waals surface area contributed by atoms with Crippen LogP contribution in [0, 0.1) is 0 Å². The first-order valence-electron chi connectivity index (χ1n) is 7.14. The Kier molecular flexibility index (Phi) is 5.72. The molecule has 1 aromatic heterocycles. The minimum absolute atomic E-state index is 0.127. The molecule has 0 radical (unpaired) electrons. The van der Waals surface area contributed by atoms with Crippen LogP contribution in [0.4, 0.5) is 5.00 Å². The molecule has 4 N–H and O–H groups in total. The number of amides is 2. The Morgan fingerprint density at radius 2 is 2.24 bits per heavy atom. The maximum Gasteiger partial charge on any atom is 0.251 e. The first-order chi connectivity index (χ1) is 10.1. The van der Waals surface area contributed by atoms with Gasteiger partial charge in [0.15, 0.2) is 0 Å². The van der Waals surface area contributed by atoms with Crippen molar-refractivity contribution >= 4 is 28.2 Å². The van der Waals surface area contributed by atoms with Crippen LogP contribution in [0.3, 0.4) is 0 Å². The molecular formula is C14H21N3O3S. The lowest BCUT2D eigenvalue weighted by Crippen LogP contribution is -2.45. The average molecular weight is 311 g/mol. The highest BCUT2D eigenvalue weighted by Gasteiger charge is 2.26. The van der Waals surface area contributed by atoms with Crippen LogP contribution in [0.1, 0.15) is 36.0 Å². The molecule has 1 aliphatic carbocycles. The summed E-state index contributed by atoms with van der Waals surface area (Å²) in [7, 11) is 0. The number of thiophene rings is 1. The van der Waals surface area contributed by atoms with Crippen LogP contribution in [-0.2, 0) is 4.79 Å². The highest BCUT2D eigenvalue weighted by Crippen LogP contribution is 2.26. The van der Waals surface area contributed by atoms with Gasteiger partial charge in [-0.1, -0.05) is 6.42 Å². The van der Waals surface area contributed by atoms with Gasteiger partial charge in [-0.3, -0.25) is 14.5 Å². The van der Waals surface area contributed by atoms with E-state index in [9.17, 15) is 9.59 Å². The van der Waals surface area contributed by atoms with E-state index in [1.165, 1.54) is 17.8 Å². The Morgan fingerprint density at radius 1 is 1.48 bits per heavy atom. The lowest BCUT2D eigenvalue weighted by molar-refractivity contribution is -0.118. The normalized spacial score (nSPS) is 15.0. The summed E-state index contributed by atoms with van der Waals surface area (Å²) < 4.78 is 0. The number of carbonyl (C=O) groups is 2. The number of nitrogens with two attached hydrogens (primary N) is 1. The highest BCUT2D eigenvalue weighted by molar-refractivity contribution is 7.14. The Morgan fingerprint density at radius 3 is 2.81 bits per heavy atom. The van der Waals surface area contributed by atoms with Crippen molar-refractivity contribution in [2.75, 3.05) is 25.0 Å². The van der Waals surface area contributed by atoms with E-state index in [0.717, 1.165) is 12.8 Å². The number of aliphatic hydroxyl groups is 1. The van der Waals surface area contributed by atoms with Gasteiger partial charge < -0.3 is 16.2 Å². The standard InChI is InChI=1S/C14H21N3O3S/c15-13(20)11-5-8-21-14(11)16-12(19)9-17(6-2-7-18)10-3-1-4-10/h5,8,10,18H,1-4,6-7,9H2,(H2,15,20)(H,16,19). The van der Waals surface area contributed by atoms with E-state index in [-0.39, 0.29) is 19.1 Å². The highest BCUT2D eigenvalue weighted by atomic mass is 32.1. The van der Waals surface area contributed by atoms with E-state index in [2.05, 4.69) is 10.2 Å². The molecule has 1 aliphatic rings. The van der Waals surface area contributed by atoms with Gasteiger partial charge in [-0.2, -0.15) is 0 Å². The summed E-state index contributed by atoms with van der Waals surface area (Å²) in [6.07, 6.45) is 4.06. The van der Waals surface area contributed by atoms with E-state index in [0.29, 0.717) is 29.6 Å². The quantitative estimate of drug-likeness (QED) is 0.668. The van der Waals surface area contributed by atoms with Gasteiger partial charge >= 0.3 is 0 Å². The summed E-state index contributed by atoms with van der Waals surface area (Å²) in [6.45, 7) is 1.12. The number of primary amides is 1. The van der Waals surface area contributed by atoms with Crippen molar-refractivity contribution in [3.05, 3.63) is 17.0 Å². The summed E-state index contributed by atoms with van der Waals surface area (Å²) in [5, 5.41) is 13.9. The summed E-state index contributed by atoms with van der Waals surface area (Å²) in [5.41, 5.74) is 5.61. The third kappa shape index (κ3) is 4.26. The zero-order valence-corrected chi connectivity index (χ0v) is 12.7. The number of anilines is 1. The molecule has 6 nitrogen and oxygen atoms in total. The third-order valence-corrected chi connectivity index (χ3v) is 4.55. The Balaban J connectivity index is 1.92. The van der Waals surface area contributed by atoms with Crippen molar-refractivity contribution < 1.29 is 14.7 Å². The molecule has 21 heavy (non-hydrogen) atoms. The molecule has 7 heteroatoms. The number of aliphatic hydroxyl groups excluding tert-OH is 1. The van der Waals surface area contributed by atoms with Gasteiger partial charge in [0, 0.05) is 19.2 Å². The number of nitrogens with one attached hydrogen (secondary N) is 1. The molecule has 1 fully saturated rings. The topological polar surface area (TPSA) is 95.7 Å². The second-order valence-electron chi connectivity index (χ2n) is 5.21. The van der Waals surface area contributed by atoms with Crippen LogP contribution in [0.15, 0.2) is 11.4 Å². The van der Waals surface area contributed by atoms with Crippen LogP contribution in [0.2, 0.25) is 0 Å². The summed E-state index contributed by atoms with van der Waals surface area (Å²) in [4.78, 5) is 25.5. The summed E-state index contributed by atoms with van der Waals surface area (Å²) in [5.74, 6) is -0.688. The fraction of sp³-hybridized carbons (Fsp3) is 0.571. The van der Waals surface area contributed by atoms with Gasteiger partial charge in [0.25, 0.3) is 5.91 Å². The minimum Gasteiger partial charge on any atom is -0.396 e. The zero-order chi connectivity index (χ0) is 15.2. The van der Waals surface area contributed by atoms with Crippen LogP contribution in [0.5, 0.6) is 0 Å². The van der Waals surface area contributed by atoms with Crippen molar-refractivity contribution in [3.8, 4) is 0 Å². The molecule has 1 aromatic rings.